The molecule has 0 saturated heterocycles. The predicted octanol–water partition coefficient (Wildman–Crippen LogP) is 7.25. The van der Waals surface area contributed by atoms with E-state index in [1.807, 2.05) is 0 Å². The molecule has 3 heteroatoms. The van der Waals surface area contributed by atoms with Crippen LogP contribution in [-0.4, -0.2) is 17.9 Å². The van der Waals surface area contributed by atoms with Crippen LogP contribution >= 0.6 is 0 Å². The van der Waals surface area contributed by atoms with Gasteiger partial charge in [0.25, 0.3) is 0 Å². The van der Waals surface area contributed by atoms with E-state index in [9.17, 15) is 9.59 Å². The van der Waals surface area contributed by atoms with Gasteiger partial charge in [0.15, 0.2) is 0 Å². The average molecular weight is 473 g/mol. The Morgan fingerprint density at radius 1 is 1.00 bits per heavy atom. The monoisotopic (exact) mass is 472 g/mol. The van der Waals surface area contributed by atoms with Crippen LogP contribution < -0.4 is 0 Å². The molecular formula is C32H40O3. The van der Waals surface area contributed by atoms with Crippen LogP contribution in [-0.2, 0) is 19.7 Å². The summed E-state index contributed by atoms with van der Waals surface area (Å²) < 4.78 is 6.60. The number of hydrogen-bond acceptors (Lipinski definition) is 3. The van der Waals surface area contributed by atoms with E-state index in [0.29, 0.717) is 30.0 Å². The number of fused-ring (bicyclic) bond motifs is 5. The molecule has 0 amide bonds. The van der Waals surface area contributed by atoms with Crippen molar-refractivity contribution in [1.29, 1.82) is 0 Å². The molecule has 7 atom stereocenters. The van der Waals surface area contributed by atoms with E-state index in [2.05, 4.69) is 63.2 Å². The molecule has 4 aliphatic rings. The summed E-state index contributed by atoms with van der Waals surface area (Å²) in [6.07, 6.45) is 8.81. The first-order valence-corrected chi connectivity index (χ1v) is 14.1. The molecule has 0 unspecified atom stereocenters. The van der Waals surface area contributed by atoms with Crippen molar-refractivity contribution >= 4 is 22.5 Å². The first-order valence-electron chi connectivity index (χ1n) is 14.1. The quantitative estimate of drug-likeness (QED) is 0.440. The molecule has 0 radical (unpaired) electrons. The maximum Gasteiger partial charge on any atom is 0.313 e. The third-order valence-electron chi connectivity index (χ3n) is 10.7. The minimum Gasteiger partial charge on any atom is -0.462 e. The van der Waals surface area contributed by atoms with Crippen molar-refractivity contribution < 1.29 is 14.3 Å². The maximum atomic E-state index is 14.1. The van der Waals surface area contributed by atoms with Gasteiger partial charge in [0.05, 0.1) is 5.41 Å². The number of carbonyl (C=O) groups excluding carboxylic acids is 2. The lowest BCUT2D eigenvalue weighted by Gasteiger charge is -2.59. The molecule has 0 spiro atoms. The Hall–Kier alpha value is -2.16. The molecule has 186 valence electrons. The number of ether oxygens (including phenoxy) is 1. The highest BCUT2D eigenvalue weighted by atomic mass is 16.5. The third kappa shape index (κ3) is 3.51. The van der Waals surface area contributed by atoms with E-state index < -0.39 is 5.41 Å². The molecule has 0 aliphatic heterocycles. The summed E-state index contributed by atoms with van der Waals surface area (Å²) in [5, 5.41) is 2.52. The number of carbonyl (C=O) groups is 2. The topological polar surface area (TPSA) is 43.4 Å². The fraction of sp³-hybridized carbons (Fsp3) is 0.625. The molecule has 0 aromatic heterocycles. The standard InChI is InChI=1S/C32H40O3/c1-20-13-16-26(31(2,3)23-15-14-21-8-4-5-9-22(21)19-23)28(18-20)35-30(34)32-17-7-12-27(33)29(32)24-10-6-11-25(24)32/h4-5,8-9,14-15,19-20,24-26,28-29H,6-7,10-13,16-18H2,1-3H3/t20-,24+,25-,26-,28-,29+,32-/m1/s1. The number of ketones is 1. The van der Waals surface area contributed by atoms with Crippen LogP contribution in [0.5, 0.6) is 0 Å². The normalized spacial score (nSPS) is 36.8. The van der Waals surface area contributed by atoms with Gasteiger partial charge in [0, 0.05) is 18.3 Å². The number of rotatable bonds is 4. The summed E-state index contributed by atoms with van der Waals surface area (Å²) in [5.74, 6) is 1.88. The van der Waals surface area contributed by atoms with Gasteiger partial charge in [-0.15, -0.1) is 0 Å². The Morgan fingerprint density at radius 2 is 1.80 bits per heavy atom. The van der Waals surface area contributed by atoms with Gasteiger partial charge in [0.2, 0.25) is 0 Å². The van der Waals surface area contributed by atoms with Gasteiger partial charge < -0.3 is 4.74 Å². The van der Waals surface area contributed by atoms with E-state index in [4.69, 9.17) is 4.74 Å². The SMILES string of the molecule is C[C@@H]1CC[C@@H](C(C)(C)c2ccc3ccccc3c2)[C@H](OC(=O)[C@@]23CCCC(=O)[C@@H]2[C@H]2CCC[C@H]23)C1. The van der Waals surface area contributed by atoms with E-state index in [-0.39, 0.29) is 29.3 Å². The van der Waals surface area contributed by atoms with Crippen molar-refractivity contribution in [2.24, 2.45) is 35.0 Å². The summed E-state index contributed by atoms with van der Waals surface area (Å²) in [6, 6.07) is 15.4. The minimum absolute atomic E-state index is 0.0305. The Balaban J connectivity index is 1.29. The molecule has 2 aromatic carbocycles. The Labute approximate surface area is 210 Å². The first kappa shape index (κ1) is 23.3. The molecule has 0 bridgehead atoms. The van der Waals surface area contributed by atoms with Crippen molar-refractivity contribution in [2.45, 2.75) is 90.1 Å². The van der Waals surface area contributed by atoms with Crippen molar-refractivity contribution in [1.82, 2.24) is 0 Å². The van der Waals surface area contributed by atoms with Crippen LogP contribution in [0.25, 0.3) is 10.8 Å². The van der Waals surface area contributed by atoms with Crippen molar-refractivity contribution in [2.75, 3.05) is 0 Å². The number of benzene rings is 2. The van der Waals surface area contributed by atoms with Crippen LogP contribution in [0.2, 0.25) is 0 Å². The van der Waals surface area contributed by atoms with E-state index >= 15 is 0 Å². The third-order valence-corrected chi connectivity index (χ3v) is 10.7. The minimum atomic E-state index is -0.519. The van der Waals surface area contributed by atoms with Crippen LogP contribution in [0.3, 0.4) is 0 Å². The van der Waals surface area contributed by atoms with Gasteiger partial charge >= 0.3 is 5.97 Å². The Kier molecular flexibility index (Phi) is 5.62. The predicted molar refractivity (Wildman–Crippen MR) is 139 cm³/mol. The summed E-state index contributed by atoms with van der Waals surface area (Å²) in [6.45, 7) is 6.96. The molecule has 35 heavy (non-hydrogen) atoms. The molecule has 2 aromatic rings. The smallest absolute Gasteiger partial charge is 0.313 e. The fourth-order valence-corrected chi connectivity index (χ4v) is 8.82. The van der Waals surface area contributed by atoms with Crippen molar-refractivity contribution in [3.05, 3.63) is 48.0 Å². The zero-order valence-electron chi connectivity index (χ0n) is 21.6. The highest BCUT2D eigenvalue weighted by Gasteiger charge is 2.70. The van der Waals surface area contributed by atoms with Gasteiger partial charge in [-0.1, -0.05) is 76.1 Å². The number of hydrogen-bond donors (Lipinski definition) is 0. The Bertz CT molecular complexity index is 1150. The lowest BCUT2D eigenvalue weighted by Crippen LogP contribution is -2.64. The molecule has 4 fully saturated rings. The van der Waals surface area contributed by atoms with Gasteiger partial charge in [0.1, 0.15) is 11.9 Å². The summed E-state index contributed by atoms with van der Waals surface area (Å²) in [7, 11) is 0. The van der Waals surface area contributed by atoms with Crippen LogP contribution in [0.1, 0.15) is 84.1 Å². The maximum absolute atomic E-state index is 14.1. The lowest BCUT2D eigenvalue weighted by molar-refractivity contribution is -0.207. The van der Waals surface area contributed by atoms with E-state index in [0.717, 1.165) is 44.9 Å². The summed E-state index contributed by atoms with van der Waals surface area (Å²) >= 11 is 0. The number of esters is 1. The van der Waals surface area contributed by atoms with Crippen LogP contribution in [0.4, 0.5) is 0 Å². The largest absolute Gasteiger partial charge is 0.462 e. The second-order valence-corrected chi connectivity index (χ2v) is 12.8. The summed E-state index contributed by atoms with van der Waals surface area (Å²) in [4.78, 5) is 27.0. The summed E-state index contributed by atoms with van der Waals surface area (Å²) in [5.41, 5.74) is 0.694. The lowest BCUT2D eigenvalue weighted by atomic mass is 9.43. The van der Waals surface area contributed by atoms with Crippen LogP contribution in [0.15, 0.2) is 42.5 Å². The Morgan fingerprint density at radius 3 is 2.63 bits per heavy atom. The molecule has 0 N–H and O–H groups in total. The van der Waals surface area contributed by atoms with Crippen molar-refractivity contribution in [3.8, 4) is 0 Å². The molecule has 4 saturated carbocycles. The highest BCUT2D eigenvalue weighted by Crippen LogP contribution is 2.68. The molecule has 0 heterocycles. The van der Waals surface area contributed by atoms with Gasteiger partial charge in [-0.3, -0.25) is 9.59 Å². The number of Topliss-reactive ketones (excluding diaryl/α,β-unsaturated/α-hetero) is 1. The zero-order valence-corrected chi connectivity index (χ0v) is 21.6. The van der Waals surface area contributed by atoms with E-state index in [1.165, 1.54) is 22.8 Å². The highest BCUT2D eigenvalue weighted by molar-refractivity contribution is 5.93. The molecule has 6 rings (SSSR count). The molecular weight excluding hydrogens is 432 g/mol. The second-order valence-electron chi connectivity index (χ2n) is 12.8. The zero-order chi connectivity index (χ0) is 24.4. The van der Waals surface area contributed by atoms with Gasteiger partial charge in [-0.2, -0.15) is 0 Å². The van der Waals surface area contributed by atoms with Gasteiger partial charge in [-0.05, 0) is 78.0 Å². The van der Waals surface area contributed by atoms with E-state index in [1.54, 1.807) is 0 Å². The van der Waals surface area contributed by atoms with Crippen molar-refractivity contribution in [3.63, 3.8) is 0 Å². The first-order chi connectivity index (χ1) is 16.8. The average Bonchev–Trinajstić information content (AvgIpc) is 3.26. The van der Waals surface area contributed by atoms with Gasteiger partial charge in [-0.25, -0.2) is 0 Å². The second kappa shape index (κ2) is 8.46. The molecule has 3 nitrogen and oxygen atoms in total. The van der Waals surface area contributed by atoms with Crippen LogP contribution in [0, 0.1) is 35.0 Å². The fourth-order valence-electron chi connectivity index (χ4n) is 8.82. The molecule has 4 aliphatic carbocycles.